The molecule has 2 aliphatic rings. The highest BCUT2D eigenvalue weighted by Crippen LogP contribution is 2.41. The molecule has 2 amide bonds. The number of amides is 2. The van der Waals surface area contributed by atoms with Crippen LogP contribution in [0.5, 0.6) is 0 Å². The van der Waals surface area contributed by atoms with E-state index >= 15 is 0 Å². The smallest absolute Gasteiger partial charge is 0.298 e. The summed E-state index contributed by atoms with van der Waals surface area (Å²) in [6.45, 7) is 2.78. The zero-order valence-electron chi connectivity index (χ0n) is 16.8. The Hall–Kier alpha value is -3.37. The van der Waals surface area contributed by atoms with Crippen molar-refractivity contribution in [3.8, 4) is 11.8 Å². The van der Waals surface area contributed by atoms with Crippen LogP contribution in [0.25, 0.3) is 11.0 Å². The van der Waals surface area contributed by atoms with Gasteiger partial charge in [-0.15, -0.1) is 0 Å². The Bertz CT molecular complexity index is 1210. The molecule has 3 aromatic rings. The van der Waals surface area contributed by atoms with Crippen LogP contribution in [0.1, 0.15) is 28.8 Å². The van der Waals surface area contributed by atoms with Gasteiger partial charge in [-0.05, 0) is 55.3 Å². The third-order valence-corrected chi connectivity index (χ3v) is 6.42. The third kappa shape index (κ3) is 3.87. The average molecular weight is 434 g/mol. The van der Waals surface area contributed by atoms with E-state index in [0.717, 1.165) is 37.0 Å². The Morgan fingerprint density at radius 2 is 1.68 bits per heavy atom. The van der Waals surface area contributed by atoms with Gasteiger partial charge in [0.05, 0.1) is 0 Å². The summed E-state index contributed by atoms with van der Waals surface area (Å²) < 4.78 is 0. The molecule has 0 atom stereocenters. The van der Waals surface area contributed by atoms with Crippen LogP contribution in [-0.2, 0) is 4.79 Å². The third-order valence-electron chi connectivity index (χ3n) is 6.17. The summed E-state index contributed by atoms with van der Waals surface area (Å²) in [5, 5.41) is 11.3. The number of aromatic nitrogens is 3. The van der Waals surface area contributed by atoms with E-state index in [2.05, 4.69) is 27.3 Å². The van der Waals surface area contributed by atoms with Crippen LogP contribution in [0.4, 0.5) is 0 Å². The standard InChI is InChI=1S/C23H20ClN5O2/c24-18-5-1-16(2-6-18)3-8-21(30)28-11-9-23(10-12-28)14-29(15-23)22(31)17-4-7-19-20(13-17)26-27-25-19/h1-2,4-7,13H,9-12,14-15H2,(H,25,26,27). The number of nitrogens with zero attached hydrogens (tertiary/aromatic N) is 4. The van der Waals surface area contributed by atoms with Crippen molar-refractivity contribution in [3.05, 3.63) is 58.6 Å². The van der Waals surface area contributed by atoms with E-state index in [-0.39, 0.29) is 17.2 Å². The normalized spacial score (nSPS) is 17.2. The molecule has 2 fully saturated rings. The van der Waals surface area contributed by atoms with Gasteiger partial charge < -0.3 is 9.80 Å². The predicted octanol–water partition coefficient (Wildman–Crippen LogP) is 2.73. The fourth-order valence-electron chi connectivity index (χ4n) is 4.30. The van der Waals surface area contributed by atoms with Gasteiger partial charge in [-0.25, -0.2) is 0 Å². The van der Waals surface area contributed by atoms with E-state index in [1.54, 1.807) is 47.4 Å². The maximum absolute atomic E-state index is 12.8. The molecular weight excluding hydrogens is 414 g/mol. The van der Waals surface area contributed by atoms with Crippen molar-refractivity contribution >= 4 is 34.4 Å². The van der Waals surface area contributed by atoms with Gasteiger partial charge >= 0.3 is 0 Å². The SMILES string of the molecule is O=C(C#Cc1ccc(Cl)cc1)N1CCC2(CC1)CN(C(=O)c1ccc3n[nH]nc3c1)C2. The van der Waals surface area contributed by atoms with Gasteiger partial charge in [0.1, 0.15) is 11.0 Å². The molecule has 2 aliphatic heterocycles. The highest BCUT2D eigenvalue weighted by Gasteiger charge is 2.47. The quantitative estimate of drug-likeness (QED) is 0.598. The van der Waals surface area contributed by atoms with Gasteiger partial charge in [0.2, 0.25) is 0 Å². The number of halogens is 1. The van der Waals surface area contributed by atoms with Crippen molar-refractivity contribution in [2.24, 2.45) is 5.41 Å². The van der Waals surface area contributed by atoms with Crippen molar-refractivity contribution in [2.75, 3.05) is 26.2 Å². The topological polar surface area (TPSA) is 82.2 Å². The maximum atomic E-state index is 12.8. The van der Waals surface area contributed by atoms with Gasteiger partial charge in [0.25, 0.3) is 11.8 Å². The maximum Gasteiger partial charge on any atom is 0.298 e. The molecule has 8 heteroatoms. The number of hydrogen-bond donors (Lipinski definition) is 1. The molecule has 0 saturated carbocycles. The Kier molecular flexibility index (Phi) is 4.87. The summed E-state index contributed by atoms with van der Waals surface area (Å²) in [6, 6.07) is 12.5. The zero-order chi connectivity index (χ0) is 21.4. The molecule has 0 unspecified atom stereocenters. The van der Waals surface area contributed by atoms with Crippen LogP contribution >= 0.6 is 11.6 Å². The number of piperidine rings is 1. The summed E-state index contributed by atoms with van der Waals surface area (Å²) in [5.41, 5.74) is 2.93. The van der Waals surface area contributed by atoms with Crippen LogP contribution < -0.4 is 0 Å². The van der Waals surface area contributed by atoms with Gasteiger partial charge in [0, 0.05) is 53.7 Å². The van der Waals surface area contributed by atoms with Crippen LogP contribution in [0.2, 0.25) is 5.02 Å². The number of fused-ring (bicyclic) bond motifs is 1. The molecule has 0 bridgehead atoms. The number of carbonyl (C=O) groups excluding carboxylic acids is 2. The highest BCUT2D eigenvalue weighted by atomic mass is 35.5. The van der Waals surface area contributed by atoms with Crippen molar-refractivity contribution in [3.63, 3.8) is 0 Å². The summed E-state index contributed by atoms with van der Waals surface area (Å²) in [6.07, 6.45) is 1.76. The minimum absolute atomic E-state index is 0.0165. The first kappa shape index (κ1) is 19.6. The number of carbonyl (C=O) groups is 2. The second-order valence-corrected chi connectivity index (χ2v) is 8.67. The number of likely N-dealkylation sites (tertiary alicyclic amines) is 2. The van der Waals surface area contributed by atoms with Crippen LogP contribution in [0, 0.1) is 17.3 Å². The monoisotopic (exact) mass is 433 g/mol. The Morgan fingerprint density at radius 3 is 2.42 bits per heavy atom. The molecule has 31 heavy (non-hydrogen) atoms. The van der Waals surface area contributed by atoms with Gasteiger partial charge in [0.15, 0.2) is 0 Å². The molecule has 1 aromatic heterocycles. The largest absolute Gasteiger partial charge is 0.337 e. The first-order valence-electron chi connectivity index (χ1n) is 10.2. The van der Waals surface area contributed by atoms with E-state index < -0.39 is 0 Å². The molecule has 2 saturated heterocycles. The average Bonchev–Trinajstić information content (AvgIpc) is 3.24. The van der Waals surface area contributed by atoms with Crippen molar-refractivity contribution < 1.29 is 9.59 Å². The van der Waals surface area contributed by atoms with Crippen LogP contribution in [0.3, 0.4) is 0 Å². The van der Waals surface area contributed by atoms with Crippen LogP contribution in [0.15, 0.2) is 42.5 Å². The number of aromatic amines is 1. The lowest BCUT2D eigenvalue weighted by Gasteiger charge is -2.53. The van der Waals surface area contributed by atoms with Crippen molar-refractivity contribution in [2.45, 2.75) is 12.8 Å². The first-order valence-corrected chi connectivity index (χ1v) is 10.6. The number of benzene rings is 2. The Balaban J connectivity index is 1.15. The molecule has 0 aliphatic carbocycles. The van der Waals surface area contributed by atoms with Crippen LogP contribution in [-0.4, -0.2) is 63.2 Å². The fraction of sp³-hybridized carbons (Fsp3) is 0.304. The Morgan fingerprint density at radius 1 is 0.968 bits per heavy atom. The van der Waals surface area contributed by atoms with E-state index in [9.17, 15) is 9.59 Å². The lowest BCUT2D eigenvalue weighted by atomic mass is 9.71. The summed E-state index contributed by atoms with van der Waals surface area (Å²) in [7, 11) is 0. The molecular formula is C23H20ClN5O2. The summed E-state index contributed by atoms with van der Waals surface area (Å²) in [4.78, 5) is 28.9. The molecule has 3 heterocycles. The van der Waals surface area contributed by atoms with E-state index in [1.807, 2.05) is 4.90 Å². The number of H-pyrrole nitrogens is 1. The summed E-state index contributed by atoms with van der Waals surface area (Å²) in [5.74, 6) is 5.49. The predicted molar refractivity (Wildman–Crippen MR) is 116 cm³/mol. The molecule has 0 radical (unpaired) electrons. The minimum Gasteiger partial charge on any atom is -0.337 e. The van der Waals surface area contributed by atoms with E-state index in [0.29, 0.717) is 29.2 Å². The highest BCUT2D eigenvalue weighted by molar-refractivity contribution is 6.30. The van der Waals surface area contributed by atoms with Gasteiger partial charge in [-0.2, -0.15) is 15.4 Å². The Labute approximate surface area is 184 Å². The molecule has 1 spiro atoms. The first-order chi connectivity index (χ1) is 15.0. The molecule has 7 nitrogen and oxygen atoms in total. The summed E-state index contributed by atoms with van der Waals surface area (Å²) >= 11 is 5.87. The van der Waals surface area contributed by atoms with Crippen molar-refractivity contribution in [1.82, 2.24) is 25.2 Å². The molecule has 1 N–H and O–H groups in total. The lowest BCUT2D eigenvalue weighted by molar-refractivity contribution is -0.129. The molecule has 156 valence electrons. The minimum atomic E-state index is -0.155. The van der Waals surface area contributed by atoms with E-state index in [1.165, 1.54) is 0 Å². The number of nitrogens with one attached hydrogen (secondary N) is 1. The lowest BCUT2D eigenvalue weighted by Crippen LogP contribution is -2.62. The number of rotatable bonds is 1. The number of hydrogen-bond acceptors (Lipinski definition) is 4. The second-order valence-electron chi connectivity index (χ2n) is 8.24. The second kappa shape index (κ2) is 7.71. The zero-order valence-corrected chi connectivity index (χ0v) is 17.5. The molecule has 2 aromatic carbocycles. The van der Waals surface area contributed by atoms with Gasteiger partial charge in [-0.3, -0.25) is 9.59 Å². The van der Waals surface area contributed by atoms with Gasteiger partial charge in [-0.1, -0.05) is 17.5 Å². The van der Waals surface area contributed by atoms with E-state index in [4.69, 9.17) is 11.6 Å². The molecule has 5 rings (SSSR count). The fourth-order valence-corrected chi connectivity index (χ4v) is 4.43. The van der Waals surface area contributed by atoms with Crippen molar-refractivity contribution in [1.29, 1.82) is 0 Å².